The molecule has 11 heteroatoms. The summed E-state index contributed by atoms with van der Waals surface area (Å²) in [6.07, 6.45) is -4.09. The molecule has 0 spiro atoms. The van der Waals surface area contributed by atoms with Gasteiger partial charge in [0.15, 0.2) is 5.13 Å². The minimum atomic E-state index is -4.83. The molecule has 0 unspecified atom stereocenters. The Labute approximate surface area is 194 Å². The predicted molar refractivity (Wildman–Crippen MR) is 120 cm³/mol. The molecule has 176 valence electrons. The smallest absolute Gasteiger partial charge is 0.406 e. The first kappa shape index (κ1) is 23.5. The van der Waals surface area contributed by atoms with Gasteiger partial charge in [0.05, 0.1) is 10.6 Å². The normalized spacial score (nSPS) is 15.6. The number of piperazine rings is 1. The Hall–Kier alpha value is -2.63. The summed E-state index contributed by atoms with van der Waals surface area (Å²) in [4.78, 5) is 6.69. The van der Waals surface area contributed by atoms with Crippen LogP contribution in [0.2, 0.25) is 0 Å². The van der Waals surface area contributed by atoms with Crippen LogP contribution in [0.3, 0.4) is 0 Å². The highest BCUT2D eigenvalue weighted by atomic mass is 32.2. The SMILES string of the molecule is Cc1ccc(Cc2csc(N3CCN(S(=O)(=O)c4ccc(OC(F)(F)F)cc4)CC3)n2)cc1. The lowest BCUT2D eigenvalue weighted by Crippen LogP contribution is -2.48. The highest BCUT2D eigenvalue weighted by molar-refractivity contribution is 7.89. The number of thiazole rings is 1. The molecule has 0 atom stereocenters. The maximum Gasteiger partial charge on any atom is 0.573 e. The van der Waals surface area contributed by atoms with Gasteiger partial charge in [0.25, 0.3) is 0 Å². The fourth-order valence-corrected chi connectivity index (χ4v) is 5.82. The van der Waals surface area contributed by atoms with Crippen LogP contribution in [0.1, 0.15) is 16.8 Å². The number of alkyl halides is 3. The zero-order chi connectivity index (χ0) is 23.6. The first-order chi connectivity index (χ1) is 15.6. The molecule has 0 N–H and O–H groups in total. The number of aromatic nitrogens is 1. The molecule has 1 saturated heterocycles. The molecule has 2 aromatic carbocycles. The molecule has 1 aliphatic rings. The summed E-state index contributed by atoms with van der Waals surface area (Å²) in [6, 6.07) is 12.6. The molecule has 4 rings (SSSR count). The van der Waals surface area contributed by atoms with Gasteiger partial charge in [-0.25, -0.2) is 13.4 Å². The molecular formula is C22H22F3N3O3S2. The molecule has 1 aliphatic heterocycles. The summed E-state index contributed by atoms with van der Waals surface area (Å²) < 4.78 is 67.9. The number of hydrogen-bond acceptors (Lipinski definition) is 6. The summed E-state index contributed by atoms with van der Waals surface area (Å²) in [5.41, 5.74) is 3.35. The second-order valence-electron chi connectivity index (χ2n) is 7.69. The topological polar surface area (TPSA) is 62.7 Å². The minimum Gasteiger partial charge on any atom is -0.406 e. The van der Waals surface area contributed by atoms with Gasteiger partial charge in [-0.05, 0) is 36.8 Å². The van der Waals surface area contributed by atoms with Crippen LogP contribution in [0, 0.1) is 6.92 Å². The van der Waals surface area contributed by atoms with Crippen LogP contribution >= 0.6 is 11.3 Å². The molecule has 1 aromatic heterocycles. The van der Waals surface area contributed by atoms with Gasteiger partial charge in [0, 0.05) is 38.0 Å². The Bertz CT molecular complexity index is 1190. The largest absolute Gasteiger partial charge is 0.573 e. The van der Waals surface area contributed by atoms with Gasteiger partial charge in [0.1, 0.15) is 5.75 Å². The number of hydrogen-bond donors (Lipinski definition) is 0. The Balaban J connectivity index is 1.36. The van der Waals surface area contributed by atoms with E-state index in [1.165, 1.54) is 26.8 Å². The molecule has 0 bridgehead atoms. The molecule has 0 saturated carbocycles. The number of rotatable bonds is 6. The fraction of sp³-hybridized carbons (Fsp3) is 0.318. The number of halogens is 3. The summed E-state index contributed by atoms with van der Waals surface area (Å²) in [7, 11) is -3.81. The summed E-state index contributed by atoms with van der Waals surface area (Å²) in [5, 5.41) is 2.87. The van der Waals surface area contributed by atoms with E-state index in [2.05, 4.69) is 33.9 Å². The lowest BCUT2D eigenvalue weighted by molar-refractivity contribution is -0.274. The van der Waals surface area contributed by atoms with Crippen molar-refractivity contribution in [1.82, 2.24) is 9.29 Å². The van der Waals surface area contributed by atoms with Gasteiger partial charge in [-0.1, -0.05) is 29.8 Å². The molecule has 2 heterocycles. The van der Waals surface area contributed by atoms with Crippen molar-refractivity contribution in [3.8, 4) is 5.75 Å². The number of ether oxygens (including phenoxy) is 1. The van der Waals surface area contributed by atoms with E-state index < -0.39 is 22.1 Å². The first-order valence-electron chi connectivity index (χ1n) is 10.2. The maximum atomic E-state index is 12.9. The Morgan fingerprint density at radius 1 is 1.00 bits per heavy atom. The van der Waals surface area contributed by atoms with Crippen LogP contribution in [-0.4, -0.2) is 50.2 Å². The number of anilines is 1. The van der Waals surface area contributed by atoms with E-state index in [4.69, 9.17) is 4.98 Å². The average Bonchev–Trinajstić information content (AvgIpc) is 3.23. The number of sulfonamides is 1. The number of aryl methyl sites for hydroxylation is 1. The number of nitrogens with zero attached hydrogens (tertiary/aromatic N) is 3. The van der Waals surface area contributed by atoms with Crippen LogP contribution in [0.4, 0.5) is 18.3 Å². The van der Waals surface area contributed by atoms with E-state index >= 15 is 0 Å². The van der Waals surface area contributed by atoms with Gasteiger partial charge in [0.2, 0.25) is 10.0 Å². The van der Waals surface area contributed by atoms with Crippen molar-refractivity contribution in [1.29, 1.82) is 0 Å². The van der Waals surface area contributed by atoms with Gasteiger partial charge in [-0.15, -0.1) is 24.5 Å². The molecule has 6 nitrogen and oxygen atoms in total. The van der Waals surface area contributed by atoms with E-state index in [-0.39, 0.29) is 18.0 Å². The van der Waals surface area contributed by atoms with E-state index in [0.717, 1.165) is 41.5 Å². The zero-order valence-electron chi connectivity index (χ0n) is 17.7. The van der Waals surface area contributed by atoms with E-state index in [9.17, 15) is 21.6 Å². The third-order valence-corrected chi connectivity index (χ3v) is 8.11. The Morgan fingerprint density at radius 2 is 1.64 bits per heavy atom. The molecule has 0 amide bonds. The van der Waals surface area contributed by atoms with Crippen LogP contribution < -0.4 is 9.64 Å². The monoisotopic (exact) mass is 497 g/mol. The van der Waals surface area contributed by atoms with Gasteiger partial charge in [-0.3, -0.25) is 0 Å². The molecule has 3 aromatic rings. The van der Waals surface area contributed by atoms with Crippen molar-refractivity contribution < 1.29 is 26.3 Å². The quantitative estimate of drug-likeness (QED) is 0.504. The molecule has 1 fully saturated rings. The van der Waals surface area contributed by atoms with Crippen molar-refractivity contribution in [3.63, 3.8) is 0 Å². The lowest BCUT2D eigenvalue weighted by atomic mass is 10.1. The maximum absolute atomic E-state index is 12.9. The first-order valence-corrected chi connectivity index (χ1v) is 12.5. The van der Waals surface area contributed by atoms with Crippen LogP contribution in [0.5, 0.6) is 5.75 Å². The van der Waals surface area contributed by atoms with E-state index in [0.29, 0.717) is 13.1 Å². The molecule has 33 heavy (non-hydrogen) atoms. The number of benzene rings is 2. The fourth-order valence-electron chi connectivity index (χ4n) is 3.52. The van der Waals surface area contributed by atoms with E-state index in [1.54, 1.807) is 0 Å². The highest BCUT2D eigenvalue weighted by Gasteiger charge is 2.32. The second-order valence-corrected chi connectivity index (χ2v) is 10.5. The Kier molecular flexibility index (Phi) is 6.64. The highest BCUT2D eigenvalue weighted by Crippen LogP contribution is 2.27. The van der Waals surface area contributed by atoms with E-state index in [1.807, 2.05) is 12.3 Å². The Morgan fingerprint density at radius 3 is 2.24 bits per heavy atom. The van der Waals surface area contributed by atoms with Gasteiger partial charge >= 0.3 is 6.36 Å². The standard InChI is InChI=1S/C22H22F3N3O3S2/c1-16-2-4-17(5-3-16)14-18-15-32-21(26-18)27-10-12-28(13-11-27)33(29,30)20-8-6-19(7-9-20)31-22(23,24)25/h2-9,15H,10-14H2,1H3. The van der Waals surface area contributed by atoms with Crippen molar-refractivity contribution in [2.75, 3.05) is 31.1 Å². The summed E-state index contributed by atoms with van der Waals surface area (Å²) >= 11 is 1.53. The molecular weight excluding hydrogens is 475 g/mol. The summed E-state index contributed by atoms with van der Waals surface area (Å²) in [5.74, 6) is -0.462. The van der Waals surface area contributed by atoms with Gasteiger partial charge in [-0.2, -0.15) is 4.31 Å². The van der Waals surface area contributed by atoms with Crippen molar-refractivity contribution >= 4 is 26.5 Å². The van der Waals surface area contributed by atoms with Gasteiger partial charge < -0.3 is 9.64 Å². The third-order valence-electron chi connectivity index (χ3n) is 5.25. The third kappa shape index (κ3) is 5.84. The molecule has 0 radical (unpaired) electrons. The zero-order valence-corrected chi connectivity index (χ0v) is 19.4. The molecule has 0 aliphatic carbocycles. The van der Waals surface area contributed by atoms with Crippen LogP contribution in [0.25, 0.3) is 0 Å². The lowest BCUT2D eigenvalue weighted by Gasteiger charge is -2.33. The van der Waals surface area contributed by atoms with Crippen molar-refractivity contribution in [2.24, 2.45) is 0 Å². The minimum absolute atomic E-state index is 0.0693. The van der Waals surface area contributed by atoms with Crippen LogP contribution in [0.15, 0.2) is 58.8 Å². The average molecular weight is 498 g/mol. The second kappa shape index (κ2) is 9.32. The summed E-state index contributed by atoms with van der Waals surface area (Å²) in [6.45, 7) is 3.52. The van der Waals surface area contributed by atoms with Crippen molar-refractivity contribution in [2.45, 2.75) is 24.6 Å². The van der Waals surface area contributed by atoms with Crippen LogP contribution in [-0.2, 0) is 16.4 Å². The van der Waals surface area contributed by atoms with Crippen molar-refractivity contribution in [3.05, 3.63) is 70.7 Å². The predicted octanol–water partition coefficient (Wildman–Crippen LogP) is 4.45.